The van der Waals surface area contributed by atoms with Crippen molar-refractivity contribution in [2.45, 2.75) is 70.8 Å². The highest BCUT2D eigenvalue weighted by molar-refractivity contribution is 5.89. The Morgan fingerprint density at radius 3 is 2.32 bits per heavy atom. The Hall–Kier alpha value is -3.14. The molecule has 0 spiro atoms. The maximum atomic E-state index is 12.5. The van der Waals surface area contributed by atoms with Crippen LogP contribution in [0.1, 0.15) is 75.1 Å². The fourth-order valence-corrected chi connectivity index (χ4v) is 3.06. The van der Waals surface area contributed by atoms with Crippen molar-refractivity contribution in [2.75, 3.05) is 7.11 Å². The molecular weight excluding hydrogens is 424 g/mol. The predicted molar refractivity (Wildman–Crippen MR) is 141 cm³/mol. The molecule has 4 nitrogen and oxygen atoms in total. The molecule has 0 aliphatic heterocycles. The van der Waals surface area contributed by atoms with Gasteiger partial charge in [-0.25, -0.2) is 4.79 Å². The Kier molecular flexibility index (Phi) is 17.4. The number of rotatable bonds is 17. The van der Waals surface area contributed by atoms with Crippen molar-refractivity contribution in [2.24, 2.45) is 0 Å². The smallest absolute Gasteiger partial charge is 0.338 e. The zero-order chi connectivity index (χ0) is 24.7. The molecule has 0 aliphatic carbocycles. The van der Waals surface area contributed by atoms with Crippen LogP contribution in [0.2, 0.25) is 0 Å². The zero-order valence-electron chi connectivity index (χ0n) is 20.7. The first kappa shape index (κ1) is 28.9. The monoisotopic (exact) mass is 464 g/mol. The van der Waals surface area contributed by atoms with Gasteiger partial charge in [0, 0.05) is 12.8 Å². The van der Waals surface area contributed by atoms with E-state index >= 15 is 0 Å². The lowest BCUT2D eigenvalue weighted by Crippen LogP contribution is -2.15. The number of hydrogen-bond donors (Lipinski definition) is 0. The second-order valence-corrected chi connectivity index (χ2v) is 7.83. The lowest BCUT2D eigenvalue weighted by Gasteiger charge is -2.12. The second-order valence-electron chi connectivity index (χ2n) is 7.83. The van der Waals surface area contributed by atoms with Crippen molar-refractivity contribution in [3.63, 3.8) is 0 Å². The SMILES string of the molecule is CC/C=C\C/C=C\C/C=C/C=C/[C@@H](C/C=C\CCCCCC(=O)OC)OC(=O)c1ccccc1. The van der Waals surface area contributed by atoms with Gasteiger partial charge in [0.2, 0.25) is 0 Å². The largest absolute Gasteiger partial charge is 0.469 e. The van der Waals surface area contributed by atoms with E-state index in [1.54, 1.807) is 12.1 Å². The molecule has 0 saturated heterocycles. The van der Waals surface area contributed by atoms with Gasteiger partial charge in [0.25, 0.3) is 0 Å². The van der Waals surface area contributed by atoms with Crippen molar-refractivity contribution in [3.05, 3.63) is 96.7 Å². The summed E-state index contributed by atoms with van der Waals surface area (Å²) < 4.78 is 10.4. The summed E-state index contributed by atoms with van der Waals surface area (Å²) in [6, 6.07) is 9.05. The highest BCUT2D eigenvalue weighted by Crippen LogP contribution is 2.10. The topological polar surface area (TPSA) is 52.6 Å². The van der Waals surface area contributed by atoms with Crippen LogP contribution in [0, 0.1) is 0 Å². The van der Waals surface area contributed by atoms with Gasteiger partial charge in [-0.05, 0) is 56.7 Å². The van der Waals surface area contributed by atoms with Crippen LogP contribution in [0.3, 0.4) is 0 Å². The summed E-state index contributed by atoms with van der Waals surface area (Å²) in [6.07, 6.45) is 28.2. The Morgan fingerprint density at radius 2 is 1.59 bits per heavy atom. The molecule has 34 heavy (non-hydrogen) atoms. The van der Waals surface area contributed by atoms with E-state index in [1.807, 2.05) is 36.4 Å². The third-order valence-electron chi connectivity index (χ3n) is 4.97. The molecule has 4 heteroatoms. The summed E-state index contributed by atoms with van der Waals surface area (Å²) >= 11 is 0. The highest BCUT2D eigenvalue weighted by Gasteiger charge is 2.12. The van der Waals surface area contributed by atoms with Crippen LogP contribution in [0.15, 0.2) is 91.1 Å². The van der Waals surface area contributed by atoms with E-state index in [0.29, 0.717) is 18.4 Å². The van der Waals surface area contributed by atoms with Crippen LogP contribution in [0.25, 0.3) is 0 Å². The second kappa shape index (κ2) is 20.5. The lowest BCUT2D eigenvalue weighted by molar-refractivity contribution is -0.140. The number of esters is 2. The first-order chi connectivity index (χ1) is 16.7. The number of carbonyl (C=O) groups is 2. The van der Waals surface area contributed by atoms with Crippen LogP contribution in [0.5, 0.6) is 0 Å². The molecule has 0 amide bonds. The fourth-order valence-electron chi connectivity index (χ4n) is 3.06. The van der Waals surface area contributed by atoms with E-state index in [4.69, 9.17) is 4.74 Å². The molecule has 0 aliphatic rings. The van der Waals surface area contributed by atoms with Crippen molar-refractivity contribution in [1.29, 1.82) is 0 Å². The molecule has 0 unspecified atom stereocenters. The van der Waals surface area contributed by atoms with E-state index in [-0.39, 0.29) is 18.0 Å². The molecule has 1 rings (SSSR count). The molecule has 0 aromatic heterocycles. The average Bonchev–Trinajstić information content (AvgIpc) is 2.86. The van der Waals surface area contributed by atoms with Crippen molar-refractivity contribution < 1.29 is 19.1 Å². The minimum atomic E-state index is -0.331. The van der Waals surface area contributed by atoms with E-state index in [0.717, 1.165) is 44.9 Å². The molecule has 0 saturated carbocycles. The number of methoxy groups -OCH3 is 1. The third-order valence-corrected chi connectivity index (χ3v) is 4.97. The average molecular weight is 465 g/mol. The highest BCUT2D eigenvalue weighted by atomic mass is 16.5. The van der Waals surface area contributed by atoms with Gasteiger partial charge in [0.15, 0.2) is 0 Å². The molecule has 0 heterocycles. The summed E-state index contributed by atoms with van der Waals surface area (Å²) in [4.78, 5) is 23.6. The normalized spacial score (nSPS) is 13.0. The molecule has 0 N–H and O–H groups in total. The van der Waals surface area contributed by atoms with Crippen LogP contribution in [-0.4, -0.2) is 25.2 Å². The predicted octanol–water partition coefficient (Wildman–Crippen LogP) is 7.70. The summed E-state index contributed by atoms with van der Waals surface area (Å²) in [5.74, 6) is -0.474. The minimum Gasteiger partial charge on any atom is -0.469 e. The number of carbonyl (C=O) groups excluding carboxylic acids is 2. The number of ether oxygens (including phenoxy) is 2. The summed E-state index contributed by atoms with van der Waals surface area (Å²) in [5, 5.41) is 0. The molecule has 184 valence electrons. The Morgan fingerprint density at radius 1 is 0.853 bits per heavy atom. The molecule has 1 aromatic carbocycles. The van der Waals surface area contributed by atoms with E-state index in [1.165, 1.54) is 7.11 Å². The minimum absolute atomic E-state index is 0.153. The number of benzene rings is 1. The van der Waals surface area contributed by atoms with Gasteiger partial charge in [-0.3, -0.25) is 4.79 Å². The van der Waals surface area contributed by atoms with Gasteiger partial charge in [-0.15, -0.1) is 0 Å². The molecular formula is C30H40O4. The summed E-state index contributed by atoms with van der Waals surface area (Å²) in [6.45, 7) is 2.13. The standard InChI is InChI=1S/C30H40O4/c1-3-4-5-6-7-8-9-10-13-19-24-28(34-30(32)27-22-17-16-18-23-27)25-20-14-11-12-15-21-26-29(31)33-2/h4-5,7-8,10,13-14,16-20,22-24,28H,3,6,9,11-12,15,21,25-26H2,1-2H3/b5-4-,8-7-,13-10+,20-14-,24-19+/t28-/m0/s1. The van der Waals surface area contributed by atoms with Crippen molar-refractivity contribution in [3.8, 4) is 0 Å². The van der Waals surface area contributed by atoms with Gasteiger partial charge < -0.3 is 9.47 Å². The van der Waals surface area contributed by atoms with E-state index in [9.17, 15) is 9.59 Å². The van der Waals surface area contributed by atoms with Gasteiger partial charge in [-0.2, -0.15) is 0 Å². The number of unbranched alkanes of at least 4 members (excludes halogenated alkanes) is 3. The third kappa shape index (κ3) is 15.6. The van der Waals surface area contributed by atoms with E-state index < -0.39 is 0 Å². The Bertz CT molecular complexity index is 815. The maximum absolute atomic E-state index is 12.5. The quantitative estimate of drug-likeness (QED) is 0.103. The molecule has 0 bridgehead atoms. The van der Waals surface area contributed by atoms with E-state index in [2.05, 4.69) is 54.2 Å². The number of hydrogen-bond acceptors (Lipinski definition) is 4. The lowest BCUT2D eigenvalue weighted by atomic mass is 10.1. The van der Waals surface area contributed by atoms with Gasteiger partial charge in [0.05, 0.1) is 12.7 Å². The Labute approximate surface area is 205 Å². The summed E-state index contributed by atoms with van der Waals surface area (Å²) in [7, 11) is 1.42. The van der Waals surface area contributed by atoms with Gasteiger partial charge in [0.1, 0.15) is 6.10 Å². The van der Waals surface area contributed by atoms with Gasteiger partial charge in [-0.1, -0.05) is 86.2 Å². The van der Waals surface area contributed by atoms with Crippen molar-refractivity contribution in [1.82, 2.24) is 0 Å². The first-order valence-corrected chi connectivity index (χ1v) is 12.3. The van der Waals surface area contributed by atoms with Crippen molar-refractivity contribution >= 4 is 11.9 Å². The molecule has 0 fully saturated rings. The molecule has 1 aromatic rings. The molecule has 1 atom stereocenters. The van der Waals surface area contributed by atoms with Crippen LogP contribution in [0.4, 0.5) is 0 Å². The summed E-state index contributed by atoms with van der Waals surface area (Å²) in [5.41, 5.74) is 0.549. The van der Waals surface area contributed by atoms with Crippen LogP contribution < -0.4 is 0 Å². The number of allylic oxidation sites excluding steroid dienone is 8. The zero-order valence-corrected chi connectivity index (χ0v) is 20.7. The maximum Gasteiger partial charge on any atom is 0.338 e. The Balaban J connectivity index is 2.50. The van der Waals surface area contributed by atoms with Crippen LogP contribution in [-0.2, 0) is 14.3 Å². The fraction of sp³-hybridized carbons (Fsp3) is 0.400. The van der Waals surface area contributed by atoms with Crippen LogP contribution >= 0.6 is 0 Å². The van der Waals surface area contributed by atoms with Gasteiger partial charge >= 0.3 is 11.9 Å². The molecule has 0 radical (unpaired) electrons. The first-order valence-electron chi connectivity index (χ1n) is 12.3.